The smallest absolute Gasteiger partial charge is 0.224 e. The number of rotatable bonds is 2. The van der Waals surface area contributed by atoms with E-state index in [0.29, 0.717) is 11.4 Å². The monoisotopic (exact) mass is 229 g/mol. The molecular weight excluding hydrogens is 222 g/mol. The molecule has 0 aromatic carbocycles. The molecule has 1 aromatic rings. The lowest BCUT2D eigenvalue weighted by molar-refractivity contribution is 0.112. The number of methoxy groups -OCH3 is 1. The van der Waals surface area contributed by atoms with Gasteiger partial charge in [0.2, 0.25) is 5.88 Å². The number of hydrogen-bond donors (Lipinski definition) is 0. The van der Waals surface area contributed by atoms with E-state index in [0.717, 1.165) is 16.5 Å². The van der Waals surface area contributed by atoms with E-state index in [9.17, 15) is 4.79 Å². The lowest BCUT2D eigenvalue weighted by atomic mass is 10.2. The molecular formula is C8H8BrNO2. The summed E-state index contributed by atoms with van der Waals surface area (Å²) in [7, 11) is 1.49. The van der Waals surface area contributed by atoms with Crippen LogP contribution in [-0.2, 0) is 0 Å². The number of carbonyl (C=O) groups excluding carboxylic acids is 1. The Morgan fingerprint density at radius 2 is 2.33 bits per heavy atom. The van der Waals surface area contributed by atoms with Crippen LogP contribution >= 0.6 is 15.9 Å². The van der Waals surface area contributed by atoms with Crippen molar-refractivity contribution >= 4 is 22.2 Å². The van der Waals surface area contributed by atoms with Gasteiger partial charge >= 0.3 is 0 Å². The minimum absolute atomic E-state index is 0.366. The number of halogens is 1. The standard InChI is InChI=1S/C8H8BrNO2/c1-5-7(9)3-6(4-11)8(10-5)12-2/h3-4H,1-2H3. The number of nitrogens with zero attached hydrogens (tertiary/aromatic N) is 1. The topological polar surface area (TPSA) is 39.2 Å². The Hall–Kier alpha value is -0.900. The molecule has 1 heterocycles. The first-order chi connectivity index (χ1) is 5.69. The van der Waals surface area contributed by atoms with Gasteiger partial charge in [-0.15, -0.1) is 0 Å². The minimum atomic E-state index is 0.366. The fourth-order valence-electron chi connectivity index (χ4n) is 0.821. The zero-order valence-electron chi connectivity index (χ0n) is 6.80. The maximum Gasteiger partial charge on any atom is 0.224 e. The van der Waals surface area contributed by atoms with Crippen molar-refractivity contribution < 1.29 is 9.53 Å². The Balaban J connectivity index is 3.28. The van der Waals surface area contributed by atoms with Gasteiger partial charge in [-0.3, -0.25) is 4.79 Å². The predicted molar refractivity (Wildman–Crippen MR) is 48.6 cm³/mol. The lowest BCUT2D eigenvalue weighted by Gasteiger charge is -2.04. The molecule has 0 fully saturated rings. The minimum Gasteiger partial charge on any atom is -0.480 e. The Bertz CT molecular complexity index is 312. The highest BCUT2D eigenvalue weighted by Crippen LogP contribution is 2.21. The third kappa shape index (κ3) is 1.64. The van der Waals surface area contributed by atoms with E-state index in [1.807, 2.05) is 6.92 Å². The SMILES string of the molecule is COc1nc(C)c(Br)cc1C=O. The molecule has 3 nitrogen and oxygen atoms in total. The molecule has 0 saturated carbocycles. The summed E-state index contributed by atoms with van der Waals surface area (Å²) in [5.41, 5.74) is 1.26. The van der Waals surface area contributed by atoms with Crippen molar-refractivity contribution in [1.29, 1.82) is 0 Å². The van der Waals surface area contributed by atoms with Gasteiger partial charge in [0.15, 0.2) is 6.29 Å². The molecule has 0 aliphatic rings. The van der Waals surface area contributed by atoms with Crippen molar-refractivity contribution in [2.75, 3.05) is 7.11 Å². The first-order valence-corrected chi connectivity index (χ1v) is 4.14. The molecule has 0 saturated heterocycles. The van der Waals surface area contributed by atoms with Gasteiger partial charge in [-0.2, -0.15) is 0 Å². The van der Waals surface area contributed by atoms with E-state index in [-0.39, 0.29) is 0 Å². The van der Waals surface area contributed by atoms with Gasteiger partial charge in [0.05, 0.1) is 18.4 Å². The van der Waals surface area contributed by atoms with Gasteiger partial charge in [-0.25, -0.2) is 4.98 Å². The van der Waals surface area contributed by atoms with Crippen molar-refractivity contribution in [2.45, 2.75) is 6.92 Å². The molecule has 0 bridgehead atoms. The summed E-state index contributed by atoms with van der Waals surface area (Å²) in [4.78, 5) is 14.6. The zero-order valence-corrected chi connectivity index (χ0v) is 8.38. The molecule has 4 heteroatoms. The Labute approximate surface area is 78.9 Å². The number of pyridine rings is 1. The van der Waals surface area contributed by atoms with Crippen LogP contribution in [-0.4, -0.2) is 18.4 Å². The third-order valence-electron chi connectivity index (χ3n) is 1.46. The second-order valence-electron chi connectivity index (χ2n) is 2.27. The summed E-state index contributed by atoms with van der Waals surface area (Å²) in [6.45, 7) is 1.83. The molecule has 0 spiro atoms. The Morgan fingerprint density at radius 3 is 2.83 bits per heavy atom. The average Bonchev–Trinajstić information content (AvgIpc) is 2.09. The highest BCUT2D eigenvalue weighted by molar-refractivity contribution is 9.10. The van der Waals surface area contributed by atoms with E-state index in [4.69, 9.17) is 4.74 Å². The molecule has 0 aliphatic carbocycles. The van der Waals surface area contributed by atoms with Crippen molar-refractivity contribution in [3.8, 4) is 5.88 Å². The number of aryl methyl sites for hydroxylation is 1. The van der Waals surface area contributed by atoms with Crippen LogP contribution in [0, 0.1) is 6.92 Å². The Morgan fingerprint density at radius 1 is 1.67 bits per heavy atom. The van der Waals surface area contributed by atoms with Crippen LogP contribution in [0.15, 0.2) is 10.5 Å². The first kappa shape index (κ1) is 9.19. The fraction of sp³-hybridized carbons (Fsp3) is 0.250. The van der Waals surface area contributed by atoms with Crippen LogP contribution in [0.5, 0.6) is 5.88 Å². The van der Waals surface area contributed by atoms with Gasteiger partial charge in [-0.1, -0.05) is 0 Å². The van der Waals surface area contributed by atoms with Crippen molar-refractivity contribution in [3.63, 3.8) is 0 Å². The summed E-state index contributed by atoms with van der Waals surface area (Å²) in [6, 6.07) is 1.69. The van der Waals surface area contributed by atoms with Crippen molar-refractivity contribution in [3.05, 3.63) is 21.8 Å². The predicted octanol–water partition coefficient (Wildman–Crippen LogP) is 1.97. The fourth-order valence-corrected chi connectivity index (χ4v) is 1.16. The quantitative estimate of drug-likeness (QED) is 0.729. The van der Waals surface area contributed by atoms with Gasteiger partial charge < -0.3 is 4.74 Å². The number of carbonyl (C=O) groups is 1. The van der Waals surface area contributed by atoms with Crippen LogP contribution < -0.4 is 4.74 Å². The van der Waals surface area contributed by atoms with E-state index >= 15 is 0 Å². The van der Waals surface area contributed by atoms with Crippen LogP contribution in [0.25, 0.3) is 0 Å². The number of aromatic nitrogens is 1. The number of ether oxygens (including phenoxy) is 1. The van der Waals surface area contributed by atoms with Crippen molar-refractivity contribution in [1.82, 2.24) is 4.98 Å². The molecule has 0 atom stereocenters. The summed E-state index contributed by atoms with van der Waals surface area (Å²) >= 11 is 3.27. The maximum absolute atomic E-state index is 10.5. The van der Waals surface area contributed by atoms with Crippen molar-refractivity contribution in [2.24, 2.45) is 0 Å². The molecule has 0 aliphatic heterocycles. The molecule has 64 valence electrons. The normalized spacial score (nSPS) is 9.58. The van der Waals surface area contributed by atoms with E-state index in [2.05, 4.69) is 20.9 Å². The molecule has 0 radical (unpaired) electrons. The van der Waals surface area contributed by atoms with Gasteiger partial charge in [-0.05, 0) is 28.9 Å². The first-order valence-electron chi connectivity index (χ1n) is 3.35. The van der Waals surface area contributed by atoms with Crippen LogP contribution in [0.3, 0.4) is 0 Å². The average molecular weight is 230 g/mol. The van der Waals surface area contributed by atoms with E-state index in [1.165, 1.54) is 7.11 Å². The lowest BCUT2D eigenvalue weighted by Crippen LogP contribution is -1.96. The molecule has 0 amide bonds. The zero-order chi connectivity index (χ0) is 9.14. The van der Waals surface area contributed by atoms with E-state index in [1.54, 1.807) is 6.07 Å². The number of hydrogen-bond acceptors (Lipinski definition) is 3. The van der Waals surface area contributed by atoms with Crippen LogP contribution in [0.4, 0.5) is 0 Å². The summed E-state index contributed by atoms with van der Waals surface area (Å²) in [5, 5.41) is 0. The summed E-state index contributed by atoms with van der Waals surface area (Å²) in [5.74, 6) is 0.366. The molecule has 1 aromatic heterocycles. The van der Waals surface area contributed by atoms with Gasteiger partial charge in [0, 0.05) is 4.47 Å². The van der Waals surface area contributed by atoms with Gasteiger partial charge in [0.25, 0.3) is 0 Å². The summed E-state index contributed by atoms with van der Waals surface area (Å²) in [6.07, 6.45) is 0.718. The third-order valence-corrected chi connectivity index (χ3v) is 2.27. The second-order valence-corrected chi connectivity index (χ2v) is 3.13. The van der Waals surface area contributed by atoms with Gasteiger partial charge in [0.1, 0.15) is 0 Å². The molecule has 0 unspecified atom stereocenters. The maximum atomic E-state index is 10.5. The molecule has 0 N–H and O–H groups in total. The number of aldehydes is 1. The summed E-state index contributed by atoms with van der Waals surface area (Å²) < 4.78 is 5.72. The van der Waals surface area contributed by atoms with Crippen LogP contribution in [0.2, 0.25) is 0 Å². The molecule has 1 rings (SSSR count). The van der Waals surface area contributed by atoms with Crippen LogP contribution in [0.1, 0.15) is 16.1 Å². The second kappa shape index (κ2) is 3.67. The highest BCUT2D eigenvalue weighted by Gasteiger charge is 2.06. The Kier molecular flexibility index (Phi) is 2.81. The van der Waals surface area contributed by atoms with E-state index < -0.39 is 0 Å². The largest absolute Gasteiger partial charge is 0.480 e. The molecule has 12 heavy (non-hydrogen) atoms. The highest BCUT2D eigenvalue weighted by atomic mass is 79.9.